The molecule has 2 N–H and O–H groups in total. The van der Waals surface area contributed by atoms with Crippen molar-refractivity contribution in [3.05, 3.63) is 29.8 Å². The van der Waals surface area contributed by atoms with Crippen LogP contribution in [-0.4, -0.2) is 41.9 Å². The van der Waals surface area contributed by atoms with Crippen LogP contribution in [0.4, 0.5) is 5.69 Å². The molecule has 1 saturated heterocycles. The summed E-state index contributed by atoms with van der Waals surface area (Å²) >= 11 is 0. The Bertz CT molecular complexity index is 661. The summed E-state index contributed by atoms with van der Waals surface area (Å²) in [5, 5.41) is 6.75. The second-order valence-electron chi connectivity index (χ2n) is 7.79. The number of amides is 2. The lowest BCUT2D eigenvalue weighted by atomic mass is 9.81. The van der Waals surface area contributed by atoms with Crippen molar-refractivity contribution in [3.63, 3.8) is 0 Å². The van der Waals surface area contributed by atoms with E-state index in [1.54, 1.807) is 0 Å². The fraction of sp³-hybridized carbons (Fsp3) is 0.600. The number of rotatable bonds is 1. The maximum Gasteiger partial charge on any atom is 0.225 e. The van der Waals surface area contributed by atoms with E-state index in [0.717, 1.165) is 50.9 Å². The normalized spacial score (nSPS) is 23.4. The topological polar surface area (TPSA) is 61.4 Å². The summed E-state index contributed by atoms with van der Waals surface area (Å²) in [6, 6.07) is 8.33. The molecule has 0 bridgehead atoms. The molecule has 0 radical (unpaired) electrons. The molecule has 5 nitrogen and oxygen atoms in total. The Kier molecular flexibility index (Phi) is 4.40. The molecule has 25 heavy (non-hydrogen) atoms. The van der Waals surface area contributed by atoms with Crippen LogP contribution in [0.25, 0.3) is 0 Å². The first-order valence-electron chi connectivity index (χ1n) is 9.57. The van der Waals surface area contributed by atoms with Crippen LogP contribution >= 0.6 is 0 Å². The van der Waals surface area contributed by atoms with E-state index in [2.05, 4.69) is 22.8 Å². The summed E-state index contributed by atoms with van der Waals surface area (Å²) in [6.07, 6.45) is 6.26. The number of hydrogen-bond acceptors (Lipinski definition) is 3. The SMILES string of the molecule is O=C1CC2(CCN(C(=O)C3CCC3)CC2)Nc2ccccc2CCN1. The summed E-state index contributed by atoms with van der Waals surface area (Å²) < 4.78 is 0. The van der Waals surface area contributed by atoms with Crippen LogP contribution in [0.15, 0.2) is 24.3 Å². The number of hydrogen-bond donors (Lipinski definition) is 2. The van der Waals surface area contributed by atoms with E-state index in [4.69, 9.17) is 0 Å². The first-order valence-corrected chi connectivity index (χ1v) is 9.57. The molecular weight excluding hydrogens is 314 g/mol. The zero-order valence-corrected chi connectivity index (χ0v) is 14.7. The predicted molar refractivity (Wildman–Crippen MR) is 97.3 cm³/mol. The fourth-order valence-electron chi connectivity index (χ4n) is 4.27. The maximum absolute atomic E-state index is 12.5. The summed E-state index contributed by atoms with van der Waals surface area (Å²) in [4.78, 5) is 26.9. The molecular formula is C20H27N3O2. The van der Waals surface area contributed by atoms with Gasteiger partial charge in [-0.1, -0.05) is 24.6 Å². The van der Waals surface area contributed by atoms with Gasteiger partial charge in [0.05, 0.1) is 0 Å². The molecule has 1 spiro atoms. The van der Waals surface area contributed by atoms with Crippen LogP contribution in [-0.2, 0) is 16.0 Å². The van der Waals surface area contributed by atoms with E-state index in [1.165, 1.54) is 12.0 Å². The lowest BCUT2D eigenvalue weighted by Gasteiger charge is -2.44. The molecule has 0 unspecified atom stereocenters. The summed E-state index contributed by atoms with van der Waals surface area (Å²) in [7, 11) is 0. The maximum atomic E-state index is 12.5. The Hall–Kier alpha value is -2.04. The van der Waals surface area contributed by atoms with Crippen LogP contribution in [0.2, 0.25) is 0 Å². The van der Waals surface area contributed by atoms with Gasteiger partial charge in [0, 0.05) is 43.2 Å². The van der Waals surface area contributed by atoms with Gasteiger partial charge in [0.2, 0.25) is 11.8 Å². The van der Waals surface area contributed by atoms with Gasteiger partial charge in [-0.25, -0.2) is 0 Å². The van der Waals surface area contributed by atoms with Gasteiger partial charge in [0.15, 0.2) is 0 Å². The van der Waals surface area contributed by atoms with E-state index in [9.17, 15) is 9.59 Å². The summed E-state index contributed by atoms with van der Waals surface area (Å²) in [6.45, 7) is 2.18. The van der Waals surface area contributed by atoms with Gasteiger partial charge >= 0.3 is 0 Å². The van der Waals surface area contributed by atoms with Gasteiger partial charge in [-0.15, -0.1) is 0 Å². The Morgan fingerprint density at radius 1 is 1.16 bits per heavy atom. The van der Waals surface area contributed by atoms with Crippen molar-refractivity contribution in [2.75, 3.05) is 25.0 Å². The smallest absolute Gasteiger partial charge is 0.225 e. The lowest BCUT2D eigenvalue weighted by Crippen LogP contribution is -2.54. The number of nitrogens with one attached hydrogen (secondary N) is 2. The number of para-hydroxylation sites is 1. The Labute approximate surface area is 149 Å². The van der Waals surface area contributed by atoms with Gasteiger partial charge in [0.25, 0.3) is 0 Å². The average Bonchev–Trinajstić information content (AvgIpc) is 2.61. The van der Waals surface area contributed by atoms with Gasteiger partial charge in [0.1, 0.15) is 0 Å². The fourth-order valence-corrected chi connectivity index (χ4v) is 4.27. The zero-order chi connectivity index (χ0) is 17.3. The molecule has 2 heterocycles. The van der Waals surface area contributed by atoms with E-state index in [-0.39, 0.29) is 17.4 Å². The summed E-state index contributed by atoms with van der Waals surface area (Å²) in [5.41, 5.74) is 2.14. The Balaban J connectivity index is 1.51. The number of anilines is 1. The van der Waals surface area contributed by atoms with E-state index in [0.29, 0.717) is 18.9 Å². The predicted octanol–water partition coefficient (Wildman–Crippen LogP) is 2.32. The highest BCUT2D eigenvalue weighted by Gasteiger charge is 2.40. The van der Waals surface area contributed by atoms with Crippen LogP contribution in [0, 0.1) is 5.92 Å². The van der Waals surface area contributed by atoms with E-state index in [1.807, 2.05) is 17.0 Å². The highest BCUT2D eigenvalue weighted by Crippen LogP contribution is 2.35. The lowest BCUT2D eigenvalue weighted by molar-refractivity contribution is -0.139. The van der Waals surface area contributed by atoms with Crippen molar-refractivity contribution in [1.29, 1.82) is 0 Å². The molecule has 2 amide bonds. The van der Waals surface area contributed by atoms with Gasteiger partial charge in [-0.05, 0) is 43.7 Å². The third-order valence-electron chi connectivity index (χ3n) is 6.12. The molecule has 1 aliphatic carbocycles. The summed E-state index contributed by atoms with van der Waals surface area (Å²) in [5.74, 6) is 0.694. The quantitative estimate of drug-likeness (QED) is 0.824. The van der Waals surface area contributed by atoms with Crippen LogP contribution in [0.3, 0.4) is 0 Å². The van der Waals surface area contributed by atoms with Crippen LogP contribution < -0.4 is 10.6 Å². The Morgan fingerprint density at radius 2 is 1.92 bits per heavy atom. The third kappa shape index (κ3) is 3.37. The minimum atomic E-state index is -0.249. The first-order chi connectivity index (χ1) is 12.2. The van der Waals surface area contributed by atoms with Crippen molar-refractivity contribution in [2.24, 2.45) is 5.92 Å². The molecule has 1 aromatic rings. The minimum absolute atomic E-state index is 0.110. The highest BCUT2D eigenvalue weighted by molar-refractivity contribution is 5.80. The molecule has 3 aliphatic rings. The number of likely N-dealkylation sites (tertiary alicyclic amines) is 1. The van der Waals surface area contributed by atoms with Gasteiger partial charge in [-0.2, -0.15) is 0 Å². The average molecular weight is 341 g/mol. The zero-order valence-electron chi connectivity index (χ0n) is 14.7. The van der Waals surface area contributed by atoms with E-state index < -0.39 is 0 Å². The highest BCUT2D eigenvalue weighted by atomic mass is 16.2. The molecule has 2 aliphatic heterocycles. The van der Waals surface area contributed by atoms with Gasteiger partial charge in [-0.3, -0.25) is 9.59 Å². The molecule has 2 fully saturated rings. The number of carbonyl (C=O) groups excluding carboxylic acids is 2. The molecule has 5 heteroatoms. The number of carbonyl (C=O) groups is 2. The third-order valence-corrected chi connectivity index (χ3v) is 6.12. The second kappa shape index (κ2) is 6.70. The monoisotopic (exact) mass is 341 g/mol. The van der Waals surface area contributed by atoms with Crippen LogP contribution in [0.1, 0.15) is 44.1 Å². The van der Waals surface area contributed by atoms with Gasteiger partial charge < -0.3 is 15.5 Å². The molecule has 1 saturated carbocycles. The number of benzene rings is 1. The van der Waals surface area contributed by atoms with Crippen molar-refractivity contribution < 1.29 is 9.59 Å². The Morgan fingerprint density at radius 3 is 2.64 bits per heavy atom. The number of piperidine rings is 1. The molecule has 4 rings (SSSR count). The first kappa shape index (κ1) is 16.4. The molecule has 1 aromatic carbocycles. The molecule has 0 aromatic heterocycles. The molecule has 0 atom stereocenters. The minimum Gasteiger partial charge on any atom is -0.379 e. The number of fused-ring (bicyclic) bond motifs is 1. The van der Waals surface area contributed by atoms with Crippen molar-refractivity contribution in [3.8, 4) is 0 Å². The van der Waals surface area contributed by atoms with Crippen molar-refractivity contribution in [1.82, 2.24) is 10.2 Å². The largest absolute Gasteiger partial charge is 0.379 e. The number of nitrogens with zero attached hydrogens (tertiary/aromatic N) is 1. The molecule has 134 valence electrons. The van der Waals surface area contributed by atoms with Crippen molar-refractivity contribution >= 4 is 17.5 Å². The van der Waals surface area contributed by atoms with Crippen LogP contribution in [0.5, 0.6) is 0 Å². The second-order valence-corrected chi connectivity index (χ2v) is 7.79. The van der Waals surface area contributed by atoms with E-state index >= 15 is 0 Å². The van der Waals surface area contributed by atoms with Crippen molar-refractivity contribution in [2.45, 2.75) is 50.5 Å². The standard InChI is InChI=1S/C20H27N3O2/c24-18-14-20(22-17-7-2-1-4-15(17)8-11-21-18)9-12-23(13-10-20)19(25)16-5-3-6-16/h1-2,4,7,16,22H,3,5-6,8-14H2,(H,21,24).